The van der Waals surface area contributed by atoms with Gasteiger partial charge in [-0.05, 0) is 5.56 Å². The Labute approximate surface area is 75.0 Å². The molecule has 1 aliphatic rings. The first kappa shape index (κ1) is 8.23. The third kappa shape index (κ3) is 1.20. The van der Waals surface area contributed by atoms with E-state index >= 15 is 0 Å². The molecule has 1 aromatic carbocycles. The Morgan fingerprint density at radius 3 is 2.54 bits per heavy atom. The van der Waals surface area contributed by atoms with Crippen molar-refractivity contribution in [2.75, 3.05) is 0 Å². The minimum Gasteiger partial charge on any atom is -0.481 e. The van der Waals surface area contributed by atoms with Gasteiger partial charge >= 0.3 is 5.97 Å². The maximum atomic E-state index is 13.8. The molecule has 2 nitrogen and oxygen atoms in total. The lowest BCUT2D eigenvalue weighted by atomic mass is 10.1. The first-order valence-electron chi connectivity index (χ1n) is 4.12. The molecule has 0 aromatic heterocycles. The smallest absolute Gasteiger partial charge is 0.310 e. The highest BCUT2D eigenvalue weighted by Gasteiger charge is 2.61. The van der Waals surface area contributed by atoms with Gasteiger partial charge in [0.25, 0.3) is 0 Å². The van der Waals surface area contributed by atoms with E-state index < -0.39 is 17.6 Å². The SMILES string of the molecule is O=C(O)[C@@H]1C[C@@]1(F)c1ccccc1. The zero-order valence-electron chi connectivity index (χ0n) is 6.90. The zero-order valence-corrected chi connectivity index (χ0v) is 6.90. The summed E-state index contributed by atoms with van der Waals surface area (Å²) < 4.78 is 13.8. The lowest BCUT2D eigenvalue weighted by Crippen LogP contribution is -2.09. The van der Waals surface area contributed by atoms with Gasteiger partial charge in [-0.25, -0.2) is 4.39 Å². The van der Waals surface area contributed by atoms with Crippen LogP contribution < -0.4 is 0 Å². The quantitative estimate of drug-likeness (QED) is 0.755. The van der Waals surface area contributed by atoms with E-state index in [0.29, 0.717) is 5.56 Å². The molecule has 1 aromatic rings. The molecule has 2 atom stereocenters. The van der Waals surface area contributed by atoms with Crippen molar-refractivity contribution in [2.45, 2.75) is 12.1 Å². The lowest BCUT2D eigenvalue weighted by Gasteiger charge is -2.04. The molecule has 0 spiro atoms. The van der Waals surface area contributed by atoms with Crippen LogP contribution in [0.25, 0.3) is 0 Å². The third-order valence-electron chi connectivity index (χ3n) is 2.45. The van der Waals surface area contributed by atoms with Crippen LogP contribution in [-0.2, 0) is 10.5 Å². The number of carboxylic acids is 1. The highest BCUT2D eigenvalue weighted by atomic mass is 19.1. The standard InChI is InChI=1S/C10H9FO2/c11-10(6-8(10)9(12)13)7-4-2-1-3-5-7/h1-5,8H,6H2,(H,12,13)/t8-,10+/m0/s1. The summed E-state index contributed by atoms with van der Waals surface area (Å²) in [6.07, 6.45) is 0.104. The topological polar surface area (TPSA) is 37.3 Å². The van der Waals surface area contributed by atoms with Crippen molar-refractivity contribution in [2.24, 2.45) is 5.92 Å². The molecule has 1 N–H and O–H groups in total. The minimum atomic E-state index is -1.62. The molecule has 1 saturated carbocycles. The van der Waals surface area contributed by atoms with Crippen molar-refractivity contribution in [1.82, 2.24) is 0 Å². The van der Waals surface area contributed by atoms with Gasteiger partial charge < -0.3 is 5.11 Å². The zero-order chi connectivity index (χ0) is 9.47. The molecule has 13 heavy (non-hydrogen) atoms. The third-order valence-corrected chi connectivity index (χ3v) is 2.45. The van der Waals surface area contributed by atoms with Crippen LogP contribution in [0.5, 0.6) is 0 Å². The molecule has 0 radical (unpaired) electrons. The summed E-state index contributed by atoms with van der Waals surface area (Å²) >= 11 is 0. The molecule has 1 aliphatic carbocycles. The van der Waals surface area contributed by atoms with Crippen molar-refractivity contribution < 1.29 is 14.3 Å². The molecule has 2 rings (SSSR count). The predicted octanol–water partition coefficient (Wildman–Crippen LogP) is 1.96. The molecule has 0 saturated heterocycles. The van der Waals surface area contributed by atoms with E-state index in [2.05, 4.69) is 0 Å². The summed E-state index contributed by atoms with van der Waals surface area (Å²) in [6.45, 7) is 0. The number of hydrogen-bond acceptors (Lipinski definition) is 1. The van der Waals surface area contributed by atoms with E-state index in [9.17, 15) is 9.18 Å². The fraction of sp³-hybridized carbons (Fsp3) is 0.300. The Morgan fingerprint density at radius 2 is 2.08 bits per heavy atom. The van der Waals surface area contributed by atoms with Gasteiger partial charge in [-0.2, -0.15) is 0 Å². The number of aliphatic carboxylic acids is 1. The van der Waals surface area contributed by atoms with Gasteiger partial charge in [-0.3, -0.25) is 4.79 Å². The van der Waals surface area contributed by atoms with Crippen LogP contribution in [-0.4, -0.2) is 11.1 Å². The minimum absolute atomic E-state index is 0.104. The van der Waals surface area contributed by atoms with Crippen molar-refractivity contribution in [3.8, 4) is 0 Å². The van der Waals surface area contributed by atoms with Crippen molar-refractivity contribution >= 4 is 5.97 Å². The van der Waals surface area contributed by atoms with Crippen LogP contribution >= 0.6 is 0 Å². The van der Waals surface area contributed by atoms with Gasteiger partial charge in [0.1, 0.15) is 5.67 Å². The summed E-state index contributed by atoms with van der Waals surface area (Å²) in [7, 11) is 0. The van der Waals surface area contributed by atoms with Crippen molar-refractivity contribution in [3.05, 3.63) is 35.9 Å². The first-order chi connectivity index (χ1) is 6.14. The fourth-order valence-electron chi connectivity index (χ4n) is 1.56. The number of halogens is 1. The fourth-order valence-corrected chi connectivity index (χ4v) is 1.56. The monoisotopic (exact) mass is 180 g/mol. The highest BCUT2D eigenvalue weighted by molar-refractivity contribution is 5.76. The average molecular weight is 180 g/mol. The molecule has 0 unspecified atom stereocenters. The van der Waals surface area contributed by atoms with Crippen LogP contribution in [0.3, 0.4) is 0 Å². The number of benzene rings is 1. The van der Waals surface area contributed by atoms with Crippen LogP contribution in [0, 0.1) is 5.92 Å². The maximum absolute atomic E-state index is 13.8. The summed E-state index contributed by atoms with van der Waals surface area (Å²) in [6, 6.07) is 8.47. The Balaban J connectivity index is 2.25. The Hall–Kier alpha value is -1.38. The predicted molar refractivity (Wildman–Crippen MR) is 45.0 cm³/mol. The van der Waals surface area contributed by atoms with Gasteiger partial charge in [0.05, 0.1) is 5.92 Å². The van der Waals surface area contributed by atoms with Crippen LogP contribution in [0.1, 0.15) is 12.0 Å². The molecule has 0 aliphatic heterocycles. The molecule has 0 bridgehead atoms. The molecule has 68 valence electrons. The normalized spacial score (nSPS) is 31.3. The van der Waals surface area contributed by atoms with Gasteiger partial charge in [0.15, 0.2) is 0 Å². The van der Waals surface area contributed by atoms with Crippen LogP contribution in [0.4, 0.5) is 4.39 Å². The number of alkyl halides is 1. The number of rotatable bonds is 2. The summed E-state index contributed by atoms with van der Waals surface area (Å²) in [4.78, 5) is 10.5. The van der Waals surface area contributed by atoms with E-state index in [1.165, 1.54) is 0 Å². The van der Waals surface area contributed by atoms with Crippen molar-refractivity contribution in [1.29, 1.82) is 0 Å². The number of carboxylic acid groups (broad SMARTS) is 1. The number of hydrogen-bond donors (Lipinski definition) is 1. The molecule has 0 heterocycles. The Kier molecular flexibility index (Phi) is 1.62. The largest absolute Gasteiger partial charge is 0.481 e. The van der Waals surface area contributed by atoms with Gasteiger partial charge in [0, 0.05) is 6.42 Å². The van der Waals surface area contributed by atoms with Crippen LogP contribution in [0.15, 0.2) is 30.3 Å². The van der Waals surface area contributed by atoms with E-state index in [-0.39, 0.29) is 6.42 Å². The summed E-state index contributed by atoms with van der Waals surface area (Å²) in [5.41, 5.74) is -1.14. The molecule has 3 heteroatoms. The number of carbonyl (C=O) groups is 1. The molecular weight excluding hydrogens is 171 g/mol. The molecule has 1 fully saturated rings. The second kappa shape index (κ2) is 2.55. The Morgan fingerprint density at radius 1 is 1.46 bits per heavy atom. The highest BCUT2D eigenvalue weighted by Crippen LogP contribution is 2.55. The van der Waals surface area contributed by atoms with Gasteiger partial charge in [-0.15, -0.1) is 0 Å². The van der Waals surface area contributed by atoms with E-state index in [1.807, 2.05) is 0 Å². The first-order valence-corrected chi connectivity index (χ1v) is 4.12. The second-order valence-electron chi connectivity index (χ2n) is 3.32. The van der Waals surface area contributed by atoms with Gasteiger partial charge in [0.2, 0.25) is 0 Å². The van der Waals surface area contributed by atoms with E-state index in [1.54, 1.807) is 30.3 Å². The molecular formula is C10H9FO2. The summed E-state index contributed by atoms with van der Waals surface area (Å²) in [5.74, 6) is -1.90. The van der Waals surface area contributed by atoms with Gasteiger partial charge in [-0.1, -0.05) is 30.3 Å². The van der Waals surface area contributed by atoms with E-state index in [0.717, 1.165) is 0 Å². The average Bonchev–Trinajstić information content (AvgIpc) is 2.82. The molecule has 0 amide bonds. The van der Waals surface area contributed by atoms with Crippen LogP contribution in [0.2, 0.25) is 0 Å². The van der Waals surface area contributed by atoms with E-state index in [4.69, 9.17) is 5.11 Å². The van der Waals surface area contributed by atoms with Crippen molar-refractivity contribution in [3.63, 3.8) is 0 Å². The summed E-state index contributed by atoms with van der Waals surface area (Å²) in [5, 5.41) is 8.61. The maximum Gasteiger partial charge on any atom is 0.310 e. The Bertz CT molecular complexity index is 336. The lowest BCUT2D eigenvalue weighted by molar-refractivity contribution is -0.139. The second-order valence-corrected chi connectivity index (χ2v) is 3.32.